The van der Waals surface area contributed by atoms with Gasteiger partial charge >= 0.3 is 0 Å². The third-order valence-corrected chi connectivity index (χ3v) is 2.81. The fourth-order valence-corrected chi connectivity index (χ4v) is 1.75. The average molecular weight is 198 g/mol. The Kier molecular flexibility index (Phi) is 9.06. The van der Waals surface area contributed by atoms with Gasteiger partial charge in [0.25, 0.3) is 0 Å². The van der Waals surface area contributed by atoms with Gasteiger partial charge in [0.1, 0.15) is 0 Å². The fourth-order valence-electron chi connectivity index (χ4n) is 1.75. The molecular formula is C13H26O. The van der Waals surface area contributed by atoms with Crippen molar-refractivity contribution in [3.63, 3.8) is 0 Å². The lowest BCUT2D eigenvalue weighted by Crippen LogP contribution is -2.17. The molecule has 0 bridgehead atoms. The predicted octanol–water partition coefficient (Wildman–Crippen LogP) is 3.92. The van der Waals surface area contributed by atoms with Gasteiger partial charge in [-0.15, -0.1) is 6.58 Å². The topological polar surface area (TPSA) is 20.2 Å². The summed E-state index contributed by atoms with van der Waals surface area (Å²) >= 11 is 0. The second-order valence-electron chi connectivity index (χ2n) is 4.26. The van der Waals surface area contributed by atoms with Crippen LogP contribution >= 0.6 is 0 Å². The fraction of sp³-hybridized carbons (Fsp3) is 0.846. The van der Waals surface area contributed by atoms with Crippen molar-refractivity contribution in [1.82, 2.24) is 0 Å². The maximum absolute atomic E-state index is 9.79. The minimum absolute atomic E-state index is 0.0846. The Balaban J connectivity index is 3.33. The molecule has 1 nitrogen and oxygen atoms in total. The zero-order valence-electron chi connectivity index (χ0n) is 9.84. The quantitative estimate of drug-likeness (QED) is 0.440. The Labute approximate surface area is 89.2 Å². The van der Waals surface area contributed by atoms with Gasteiger partial charge in [0.2, 0.25) is 0 Å². The molecule has 0 heterocycles. The third kappa shape index (κ3) is 7.14. The molecule has 1 heteroatoms. The lowest BCUT2D eigenvalue weighted by molar-refractivity contribution is 0.0997. The van der Waals surface area contributed by atoms with Gasteiger partial charge in [-0.3, -0.25) is 0 Å². The standard InChI is InChI=1S/C13H26O/c1-4-6-7-8-9-11-13(14)12(3)10-5-2/h4,12-14H,1,5-11H2,2-3H3. The van der Waals surface area contributed by atoms with E-state index in [0.717, 1.165) is 25.7 Å². The number of aliphatic hydroxyl groups excluding tert-OH is 1. The lowest BCUT2D eigenvalue weighted by atomic mass is 9.95. The Hall–Kier alpha value is -0.300. The third-order valence-electron chi connectivity index (χ3n) is 2.81. The van der Waals surface area contributed by atoms with E-state index in [9.17, 15) is 5.11 Å². The van der Waals surface area contributed by atoms with Crippen LogP contribution in [0.4, 0.5) is 0 Å². The molecule has 0 spiro atoms. The normalized spacial score (nSPS) is 15.1. The van der Waals surface area contributed by atoms with Crippen molar-refractivity contribution < 1.29 is 5.11 Å². The molecule has 2 atom stereocenters. The predicted molar refractivity (Wildman–Crippen MR) is 63.4 cm³/mol. The first-order chi connectivity index (χ1) is 6.72. The van der Waals surface area contributed by atoms with Gasteiger partial charge in [0.05, 0.1) is 6.10 Å². The summed E-state index contributed by atoms with van der Waals surface area (Å²) in [6.45, 7) is 8.02. The van der Waals surface area contributed by atoms with Crippen LogP contribution in [0.3, 0.4) is 0 Å². The SMILES string of the molecule is C=CCCCCCC(O)C(C)CCC. The van der Waals surface area contributed by atoms with Crippen molar-refractivity contribution in [3.05, 3.63) is 12.7 Å². The van der Waals surface area contributed by atoms with E-state index in [0.29, 0.717) is 5.92 Å². The molecule has 0 aromatic carbocycles. The lowest BCUT2D eigenvalue weighted by Gasteiger charge is -2.17. The van der Waals surface area contributed by atoms with Crippen LogP contribution in [0.1, 0.15) is 58.8 Å². The van der Waals surface area contributed by atoms with E-state index in [1.807, 2.05) is 6.08 Å². The Bertz CT molecular complexity index is 131. The van der Waals surface area contributed by atoms with Gasteiger partial charge in [0, 0.05) is 0 Å². The highest BCUT2D eigenvalue weighted by molar-refractivity contribution is 4.67. The van der Waals surface area contributed by atoms with E-state index in [-0.39, 0.29) is 6.10 Å². The van der Waals surface area contributed by atoms with Crippen LogP contribution in [0.5, 0.6) is 0 Å². The van der Waals surface area contributed by atoms with Crippen molar-refractivity contribution in [2.75, 3.05) is 0 Å². The molecule has 0 amide bonds. The van der Waals surface area contributed by atoms with Gasteiger partial charge in [-0.05, 0) is 31.6 Å². The van der Waals surface area contributed by atoms with Gasteiger partial charge in [0.15, 0.2) is 0 Å². The van der Waals surface area contributed by atoms with Crippen molar-refractivity contribution in [1.29, 1.82) is 0 Å². The Morgan fingerprint density at radius 2 is 1.93 bits per heavy atom. The highest BCUT2D eigenvalue weighted by Gasteiger charge is 2.11. The summed E-state index contributed by atoms with van der Waals surface area (Å²) in [5, 5.41) is 9.79. The number of unbranched alkanes of at least 4 members (excludes halogenated alkanes) is 3. The number of hydrogen-bond acceptors (Lipinski definition) is 1. The molecule has 84 valence electrons. The van der Waals surface area contributed by atoms with Crippen LogP contribution in [-0.4, -0.2) is 11.2 Å². The van der Waals surface area contributed by atoms with Crippen LogP contribution in [0.25, 0.3) is 0 Å². The molecule has 0 aliphatic heterocycles. The molecule has 2 unspecified atom stereocenters. The summed E-state index contributed by atoms with van der Waals surface area (Å²) in [6.07, 6.45) is 9.89. The number of allylic oxidation sites excluding steroid dienone is 1. The second kappa shape index (κ2) is 9.26. The van der Waals surface area contributed by atoms with Crippen LogP contribution in [-0.2, 0) is 0 Å². The summed E-state index contributed by atoms with van der Waals surface area (Å²) in [5.74, 6) is 0.472. The van der Waals surface area contributed by atoms with Crippen LogP contribution in [0, 0.1) is 5.92 Å². The average Bonchev–Trinajstić information content (AvgIpc) is 2.17. The molecule has 0 aromatic heterocycles. The number of rotatable bonds is 9. The minimum atomic E-state index is -0.0846. The molecular weight excluding hydrogens is 172 g/mol. The molecule has 0 aliphatic rings. The maximum Gasteiger partial charge on any atom is 0.0565 e. The molecule has 14 heavy (non-hydrogen) atoms. The van der Waals surface area contributed by atoms with Crippen molar-refractivity contribution >= 4 is 0 Å². The molecule has 0 saturated heterocycles. The molecule has 0 saturated carbocycles. The van der Waals surface area contributed by atoms with Gasteiger partial charge in [-0.25, -0.2) is 0 Å². The first-order valence-corrected chi connectivity index (χ1v) is 6.01. The first kappa shape index (κ1) is 13.7. The molecule has 0 aliphatic carbocycles. The second-order valence-corrected chi connectivity index (χ2v) is 4.26. The van der Waals surface area contributed by atoms with Gasteiger partial charge in [-0.2, -0.15) is 0 Å². The highest BCUT2D eigenvalue weighted by atomic mass is 16.3. The zero-order chi connectivity index (χ0) is 10.8. The number of hydrogen-bond donors (Lipinski definition) is 1. The summed E-state index contributed by atoms with van der Waals surface area (Å²) < 4.78 is 0. The van der Waals surface area contributed by atoms with Crippen molar-refractivity contribution in [2.45, 2.75) is 64.9 Å². The molecule has 0 rings (SSSR count). The minimum Gasteiger partial charge on any atom is -0.393 e. The molecule has 0 fully saturated rings. The first-order valence-electron chi connectivity index (χ1n) is 6.01. The van der Waals surface area contributed by atoms with Gasteiger partial charge < -0.3 is 5.11 Å². The summed E-state index contributed by atoms with van der Waals surface area (Å²) in [7, 11) is 0. The van der Waals surface area contributed by atoms with Crippen molar-refractivity contribution in [3.8, 4) is 0 Å². The number of aliphatic hydroxyl groups is 1. The molecule has 0 radical (unpaired) electrons. The van der Waals surface area contributed by atoms with E-state index < -0.39 is 0 Å². The monoisotopic (exact) mass is 198 g/mol. The van der Waals surface area contributed by atoms with Crippen LogP contribution in [0.15, 0.2) is 12.7 Å². The smallest absolute Gasteiger partial charge is 0.0565 e. The summed E-state index contributed by atoms with van der Waals surface area (Å²) in [6, 6.07) is 0. The Morgan fingerprint density at radius 3 is 2.50 bits per heavy atom. The van der Waals surface area contributed by atoms with E-state index in [1.54, 1.807) is 0 Å². The summed E-state index contributed by atoms with van der Waals surface area (Å²) in [4.78, 5) is 0. The highest BCUT2D eigenvalue weighted by Crippen LogP contribution is 2.16. The van der Waals surface area contributed by atoms with Crippen molar-refractivity contribution in [2.24, 2.45) is 5.92 Å². The van der Waals surface area contributed by atoms with E-state index in [2.05, 4.69) is 20.4 Å². The van der Waals surface area contributed by atoms with Gasteiger partial charge in [-0.1, -0.05) is 39.2 Å². The maximum atomic E-state index is 9.79. The van der Waals surface area contributed by atoms with E-state index in [4.69, 9.17) is 0 Å². The zero-order valence-corrected chi connectivity index (χ0v) is 9.84. The Morgan fingerprint density at radius 1 is 1.21 bits per heavy atom. The molecule has 1 N–H and O–H groups in total. The largest absolute Gasteiger partial charge is 0.393 e. The van der Waals surface area contributed by atoms with Crippen LogP contribution in [0.2, 0.25) is 0 Å². The van der Waals surface area contributed by atoms with E-state index >= 15 is 0 Å². The van der Waals surface area contributed by atoms with E-state index in [1.165, 1.54) is 19.3 Å². The van der Waals surface area contributed by atoms with Crippen LogP contribution < -0.4 is 0 Å². The molecule has 0 aromatic rings. The summed E-state index contributed by atoms with van der Waals surface area (Å²) in [5.41, 5.74) is 0.